The SMILES string of the molecule is COC(=O)C[C@@H]1Nc2ccc(C(=O)NCc3nc4ccccc4[nH]3)cc2CN(C)C1=O. The molecule has 0 spiro atoms. The second kappa shape index (κ2) is 8.47. The van der Waals surface area contributed by atoms with Crippen molar-refractivity contribution in [2.24, 2.45) is 0 Å². The van der Waals surface area contributed by atoms with E-state index in [1.165, 1.54) is 12.0 Å². The highest BCUT2D eigenvalue weighted by Gasteiger charge is 2.29. The molecule has 2 aromatic carbocycles. The van der Waals surface area contributed by atoms with Crippen LogP contribution in [0.1, 0.15) is 28.2 Å². The van der Waals surface area contributed by atoms with Crippen molar-refractivity contribution in [2.75, 3.05) is 19.5 Å². The van der Waals surface area contributed by atoms with Gasteiger partial charge < -0.3 is 25.3 Å². The van der Waals surface area contributed by atoms with Gasteiger partial charge in [-0.05, 0) is 35.9 Å². The minimum absolute atomic E-state index is 0.0706. The van der Waals surface area contributed by atoms with Gasteiger partial charge in [0, 0.05) is 24.8 Å². The Balaban J connectivity index is 1.48. The lowest BCUT2D eigenvalue weighted by atomic mass is 10.1. The zero-order valence-electron chi connectivity index (χ0n) is 17.3. The van der Waals surface area contributed by atoms with Crippen molar-refractivity contribution >= 4 is 34.5 Å². The molecule has 1 aliphatic heterocycles. The van der Waals surface area contributed by atoms with Crippen LogP contribution in [0.2, 0.25) is 0 Å². The van der Waals surface area contributed by atoms with Gasteiger partial charge in [-0.1, -0.05) is 12.1 Å². The average Bonchev–Trinajstić information content (AvgIpc) is 3.15. The Hall–Kier alpha value is -3.88. The molecule has 1 aromatic heterocycles. The summed E-state index contributed by atoms with van der Waals surface area (Å²) in [6, 6.07) is 12.1. The number of ether oxygens (including phenoxy) is 1. The molecule has 3 aromatic rings. The van der Waals surface area contributed by atoms with Gasteiger partial charge in [0.15, 0.2) is 0 Å². The summed E-state index contributed by atoms with van der Waals surface area (Å²) in [5, 5.41) is 5.97. The highest BCUT2D eigenvalue weighted by Crippen LogP contribution is 2.25. The van der Waals surface area contributed by atoms with E-state index in [1.54, 1.807) is 25.2 Å². The quantitative estimate of drug-likeness (QED) is 0.541. The summed E-state index contributed by atoms with van der Waals surface area (Å²) in [7, 11) is 2.95. The van der Waals surface area contributed by atoms with Gasteiger partial charge >= 0.3 is 5.97 Å². The third-order valence-corrected chi connectivity index (χ3v) is 5.23. The van der Waals surface area contributed by atoms with E-state index in [-0.39, 0.29) is 24.8 Å². The number of esters is 1. The Morgan fingerprint density at radius 1 is 1.26 bits per heavy atom. The van der Waals surface area contributed by atoms with Gasteiger partial charge in [0.25, 0.3) is 5.91 Å². The topological polar surface area (TPSA) is 116 Å². The number of carbonyl (C=O) groups excluding carboxylic acids is 3. The molecule has 0 unspecified atom stereocenters. The van der Waals surface area contributed by atoms with Gasteiger partial charge in [0.2, 0.25) is 5.91 Å². The standard InChI is InChI=1S/C22H23N5O4/c1-27-12-14-9-13(7-8-15(14)24-18(22(27)30)10-20(28)31-2)21(29)23-11-19-25-16-5-3-4-6-17(16)26-19/h3-9,18,24H,10-12H2,1-2H3,(H,23,29)(H,25,26)/t18-/m0/s1. The Kier molecular flexibility index (Phi) is 5.57. The number of aromatic nitrogens is 2. The van der Waals surface area contributed by atoms with Gasteiger partial charge in [0.05, 0.1) is 31.1 Å². The lowest BCUT2D eigenvalue weighted by Crippen LogP contribution is -2.39. The van der Waals surface area contributed by atoms with E-state index < -0.39 is 12.0 Å². The van der Waals surface area contributed by atoms with Gasteiger partial charge in [0.1, 0.15) is 11.9 Å². The summed E-state index contributed by atoms with van der Waals surface area (Å²) in [5.41, 5.74) is 3.73. The number of aromatic amines is 1. The molecule has 2 heterocycles. The fraction of sp³-hybridized carbons (Fsp3) is 0.273. The molecule has 0 bridgehead atoms. The summed E-state index contributed by atoms with van der Waals surface area (Å²) in [6.45, 7) is 0.589. The second-order valence-corrected chi connectivity index (χ2v) is 7.43. The third-order valence-electron chi connectivity index (χ3n) is 5.23. The molecule has 0 aliphatic carbocycles. The average molecular weight is 421 g/mol. The number of para-hydroxylation sites is 2. The van der Waals surface area contributed by atoms with Crippen LogP contribution in [0.25, 0.3) is 11.0 Å². The molecule has 1 atom stereocenters. The van der Waals surface area contributed by atoms with Gasteiger partial charge in [-0.25, -0.2) is 4.98 Å². The Bertz CT molecular complexity index is 1120. The van der Waals surface area contributed by atoms with Crippen LogP contribution in [-0.2, 0) is 27.4 Å². The predicted octanol–water partition coefficient (Wildman–Crippen LogP) is 1.81. The van der Waals surface area contributed by atoms with E-state index in [2.05, 4.69) is 25.3 Å². The van der Waals surface area contributed by atoms with E-state index in [1.807, 2.05) is 24.3 Å². The molecule has 0 fully saturated rings. The summed E-state index contributed by atoms with van der Waals surface area (Å²) in [6.07, 6.45) is -0.0706. The van der Waals surface area contributed by atoms with Crippen LogP contribution in [0.5, 0.6) is 0 Å². The van der Waals surface area contributed by atoms with Crippen LogP contribution in [0.15, 0.2) is 42.5 Å². The zero-order valence-corrected chi connectivity index (χ0v) is 17.3. The number of benzene rings is 2. The Morgan fingerprint density at radius 3 is 2.84 bits per heavy atom. The largest absolute Gasteiger partial charge is 0.469 e. The normalized spacial score (nSPS) is 15.7. The number of imidazole rings is 1. The molecule has 4 rings (SSSR count). The molecule has 2 amide bonds. The van der Waals surface area contributed by atoms with E-state index >= 15 is 0 Å². The van der Waals surface area contributed by atoms with Crippen molar-refractivity contribution in [2.45, 2.75) is 25.6 Å². The maximum absolute atomic E-state index is 12.7. The van der Waals surface area contributed by atoms with Crippen LogP contribution >= 0.6 is 0 Å². The highest BCUT2D eigenvalue weighted by molar-refractivity contribution is 5.96. The number of H-pyrrole nitrogens is 1. The van der Waals surface area contributed by atoms with Crippen molar-refractivity contribution in [1.82, 2.24) is 20.2 Å². The van der Waals surface area contributed by atoms with Crippen molar-refractivity contribution in [3.63, 3.8) is 0 Å². The fourth-order valence-electron chi connectivity index (χ4n) is 3.60. The van der Waals surface area contributed by atoms with Crippen LogP contribution in [0, 0.1) is 0 Å². The van der Waals surface area contributed by atoms with Gasteiger partial charge in [-0.15, -0.1) is 0 Å². The Labute approximate surface area is 178 Å². The molecule has 0 saturated carbocycles. The number of nitrogens with one attached hydrogen (secondary N) is 3. The summed E-state index contributed by atoms with van der Waals surface area (Å²) >= 11 is 0. The van der Waals surface area contributed by atoms with Crippen molar-refractivity contribution in [3.05, 3.63) is 59.4 Å². The molecule has 9 nitrogen and oxygen atoms in total. The van der Waals surface area contributed by atoms with Crippen molar-refractivity contribution in [1.29, 1.82) is 0 Å². The third kappa shape index (κ3) is 4.35. The lowest BCUT2D eigenvalue weighted by molar-refractivity contribution is -0.143. The molecular weight excluding hydrogens is 398 g/mol. The number of amides is 2. The molecule has 31 heavy (non-hydrogen) atoms. The first-order valence-corrected chi connectivity index (χ1v) is 9.87. The number of hydrogen-bond donors (Lipinski definition) is 3. The highest BCUT2D eigenvalue weighted by atomic mass is 16.5. The van der Waals surface area contributed by atoms with Crippen LogP contribution in [0.4, 0.5) is 5.69 Å². The van der Waals surface area contributed by atoms with Crippen LogP contribution < -0.4 is 10.6 Å². The first-order chi connectivity index (χ1) is 14.9. The smallest absolute Gasteiger partial charge is 0.308 e. The second-order valence-electron chi connectivity index (χ2n) is 7.43. The monoisotopic (exact) mass is 421 g/mol. The minimum Gasteiger partial charge on any atom is -0.469 e. The number of fused-ring (bicyclic) bond motifs is 2. The van der Waals surface area contributed by atoms with Crippen LogP contribution in [-0.4, -0.2) is 52.9 Å². The molecule has 9 heteroatoms. The van der Waals surface area contributed by atoms with E-state index in [0.717, 1.165) is 16.6 Å². The number of hydrogen-bond acceptors (Lipinski definition) is 6. The molecule has 3 N–H and O–H groups in total. The number of likely N-dealkylation sites (N-methyl/N-ethyl adjacent to an activating group) is 1. The first-order valence-electron chi connectivity index (χ1n) is 9.87. The first kappa shape index (κ1) is 20.4. The van der Waals surface area contributed by atoms with E-state index in [4.69, 9.17) is 0 Å². The van der Waals surface area contributed by atoms with Crippen LogP contribution in [0.3, 0.4) is 0 Å². The lowest BCUT2D eigenvalue weighted by Gasteiger charge is -2.19. The number of carbonyl (C=O) groups is 3. The maximum Gasteiger partial charge on any atom is 0.308 e. The predicted molar refractivity (Wildman–Crippen MR) is 114 cm³/mol. The van der Waals surface area contributed by atoms with Crippen molar-refractivity contribution < 1.29 is 19.1 Å². The number of rotatable bonds is 5. The number of methoxy groups -OCH3 is 1. The maximum atomic E-state index is 12.7. The minimum atomic E-state index is -0.716. The summed E-state index contributed by atoms with van der Waals surface area (Å²) in [5.74, 6) is -0.253. The molecule has 0 radical (unpaired) electrons. The molecule has 0 saturated heterocycles. The van der Waals surface area contributed by atoms with E-state index in [9.17, 15) is 14.4 Å². The van der Waals surface area contributed by atoms with Gasteiger partial charge in [-0.3, -0.25) is 14.4 Å². The zero-order chi connectivity index (χ0) is 22.0. The van der Waals surface area contributed by atoms with Crippen molar-refractivity contribution in [3.8, 4) is 0 Å². The molecule has 1 aliphatic rings. The van der Waals surface area contributed by atoms with E-state index in [0.29, 0.717) is 23.6 Å². The number of nitrogens with zero attached hydrogens (tertiary/aromatic N) is 2. The molecule has 160 valence electrons. The molecular formula is C22H23N5O4. The van der Waals surface area contributed by atoms with Gasteiger partial charge in [-0.2, -0.15) is 0 Å². The summed E-state index contributed by atoms with van der Waals surface area (Å²) in [4.78, 5) is 46.1. The summed E-state index contributed by atoms with van der Waals surface area (Å²) < 4.78 is 4.69. The fourth-order valence-corrected chi connectivity index (χ4v) is 3.60. The Morgan fingerprint density at radius 2 is 2.06 bits per heavy atom. The number of anilines is 1.